The van der Waals surface area contributed by atoms with Crippen LogP contribution in [0.1, 0.15) is 32.6 Å². The van der Waals surface area contributed by atoms with Crippen molar-refractivity contribution in [3.05, 3.63) is 0 Å². The number of nitrogens with zero attached hydrogens (tertiary/aromatic N) is 1. The summed E-state index contributed by atoms with van der Waals surface area (Å²) >= 11 is 0. The molecule has 102 valence electrons. The zero-order chi connectivity index (χ0) is 13.0. The second-order valence-corrected chi connectivity index (χ2v) is 5.35. The summed E-state index contributed by atoms with van der Waals surface area (Å²) in [6, 6.07) is 0.581. The Bertz CT molecular complexity index is 319. The van der Waals surface area contributed by atoms with E-state index in [9.17, 15) is 9.59 Å². The van der Waals surface area contributed by atoms with E-state index >= 15 is 0 Å². The van der Waals surface area contributed by atoms with Gasteiger partial charge in [0.15, 0.2) is 0 Å². The van der Waals surface area contributed by atoms with Gasteiger partial charge >= 0.3 is 0 Å². The molecule has 0 unspecified atom stereocenters. The molecule has 0 spiro atoms. The zero-order valence-corrected chi connectivity index (χ0v) is 11.1. The van der Waals surface area contributed by atoms with Crippen LogP contribution in [-0.4, -0.2) is 48.9 Å². The first-order chi connectivity index (χ1) is 8.66. The van der Waals surface area contributed by atoms with Crippen molar-refractivity contribution in [2.24, 2.45) is 5.92 Å². The molecule has 0 aromatic carbocycles. The van der Waals surface area contributed by atoms with Crippen molar-refractivity contribution in [1.29, 1.82) is 0 Å². The summed E-state index contributed by atoms with van der Waals surface area (Å²) in [5.74, 6) is 0.491. The summed E-state index contributed by atoms with van der Waals surface area (Å²) in [6.07, 6.45) is 4.74. The molecule has 0 aromatic rings. The summed E-state index contributed by atoms with van der Waals surface area (Å²) in [5.41, 5.74) is 0. The molecule has 0 bridgehead atoms. The molecular formula is C13H23N3O2. The number of hydrogen-bond acceptors (Lipinski definition) is 3. The van der Waals surface area contributed by atoms with Gasteiger partial charge in [0, 0.05) is 26.1 Å². The largest absolute Gasteiger partial charge is 0.347 e. The standard InChI is InChI=1S/C13H23N3O2/c1-10(17)15-8-13(18)16-7-5-12-11(9-16)4-2-3-6-14-12/h11-12,14H,2-9H2,1H3,(H,15,17)/t11-,12-/m1/s1. The number of carbonyl (C=O) groups excluding carboxylic acids is 2. The van der Waals surface area contributed by atoms with Gasteiger partial charge < -0.3 is 15.5 Å². The molecule has 5 heteroatoms. The van der Waals surface area contributed by atoms with Gasteiger partial charge in [0.25, 0.3) is 0 Å². The number of nitrogens with one attached hydrogen (secondary N) is 2. The Morgan fingerprint density at radius 1 is 1.33 bits per heavy atom. The van der Waals surface area contributed by atoms with Gasteiger partial charge in [-0.25, -0.2) is 0 Å². The summed E-state index contributed by atoms with van der Waals surface area (Å²) in [7, 11) is 0. The Balaban J connectivity index is 1.84. The second kappa shape index (κ2) is 6.18. The van der Waals surface area contributed by atoms with E-state index in [1.54, 1.807) is 0 Å². The number of amides is 2. The highest BCUT2D eigenvalue weighted by Crippen LogP contribution is 2.24. The van der Waals surface area contributed by atoms with Crippen molar-refractivity contribution in [3.8, 4) is 0 Å². The fourth-order valence-electron chi connectivity index (χ4n) is 2.95. The third-order valence-electron chi connectivity index (χ3n) is 3.98. The maximum absolute atomic E-state index is 12.0. The SMILES string of the molecule is CC(=O)NCC(=O)N1CC[C@H]2NCCCC[C@@H]2C1. The molecule has 2 N–H and O–H groups in total. The average molecular weight is 253 g/mol. The summed E-state index contributed by atoms with van der Waals surface area (Å²) in [4.78, 5) is 24.7. The van der Waals surface area contributed by atoms with Crippen LogP contribution in [0, 0.1) is 5.92 Å². The van der Waals surface area contributed by atoms with Crippen LogP contribution >= 0.6 is 0 Å². The molecule has 2 atom stereocenters. The molecule has 2 rings (SSSR count). The van der Waals surface area contributed by atoms with Crippen LogP contribution in [0.2, 0.25) is 0 Å². The minimum Gasteiger partial charge on any atom is -0.347 e. The molecule has 18 heavy (non-hydrogen) atoms. The number of piperidine rings is 1. The maximum atomic E-state index is 12.0. The van der Waals surface area contributed by atoms with Crippen LogP contribution in [0.3, 0.4) is 0 Å². The first-order valence-corrected chi connectivity index (χ1v) is 6.92. The lowest BCUT2D eigenvalue weighted by molar-refractivity contribution is -0.134. The fraction of sp³-hybridized carbons (Fsp3) is 0.846. The van der Waals surface area contributed by atoms with Crippen molar-refractivity contribution >= 4 is 11.8 Å². The van der Waals surface area contributed by atoms with E-state index in [4.69, 9.17) is 0 Å². The number of fused-ring (bicyclic) bond motifs is 1. The molecule has 2 amide bonds. The van der Waals surface area contributed by atoms with Crippen molar-refractivity contribution in [2.75, 3.05) is 26.2 Å². The van der Waals surface area contributed by atoms with Crippen LogP contribution in [-0.2, 0) is 9.59 Å². The monoisotopic (exact) mass is 253 g/mol. The van der Waals surface area contributed by atoms with E-state index in [1.807, 2.05) is 4.90 Å². The van der Waals surface area contributed by atoms with Crippen molar-refractivity contribution in [2.45, 2.75) is 38.6 Å². The van der Waals surface area contributed by atoms with Gasteiger partial charge in [-0.1, -0.05) is 6.42 Å². The van der Waals surface area contributed by atoms with Gasteiger partial charge in [0.1, 0.15) is 0 Å². The number of rotatable bonds is 2. The van der Waals surface area contributed by atoms with Crippen molar-refractivity contribution in [1.82, 2.24) is 15.5 Å². The summed E-state index contributed by atoms with van der Waals surface area (Å²) in [6.45, 7) is 4.35. The first-order valence-electron chi connectivity index (χ1n) is 6.92. The third-order valence-corrected chi connectivity index (χ3v) is 3.98. The van der Waals surface area contributed by atoms with Gasteiger partial charge in [0.05, 0.1) is 6.54 Å². The number of likely N-dealkylation sites (tertiary alicyclic amines) is 1. The van der Waals surface area contributed by atoms with Gasteiger partial charge in [-0.15, -0.1) is 0 Å². The van der Waals surface area contributed by atoms with Crippen molar-refractivity contribution < 1.29 is 9.59 Å². The molecule has 2 heterocycles. The lowest BCUT2D eigenvalue weighted by Crippen LogP contribution is -2.52. The third kappa shape index (κ3) is 3.45. The molecule has 2 aliphatic heterocycles. The predicted molar refractivity (Wildman–Crippen MR) is 69.0 cm³/mol. The second-order valence-electron chi connectivity index (χ2n) is 5.35. The Morgan fingerprint density at radius 3 is 2.94 bits per heavy atom. The molecule has 2 aliphatic rings. The quantitative estimate of drug-likeness (QED) is 0.734. The lowest BCUT2D eigenvalue weighted by atomic mass is 9.89. The van der Waals surface area contributed by atoms with Crippen molar-refractivity contribution in [3.63, 3.8) is 0 Å². The topological polar surface area (TPSA) is 61.4 Å². The molecule has 0 aliphatic carbocycles. The van der Waals surface area contributed by atoms with Gasteiger partial charge in [-0.3, -0.25) is 9.59 Å². The van der Waals surface area contributed by atoms with E-state index in [0.29, 0.717) is 12.0 Å². The Labute approximate surface area is 108 Å². The summed E-state index contributed by atoms with van der Waals surface area (Å²) < 4.78 is 0. The Morgan fingerprint density at radius 2 is 2.17 bits per heavy atom. The molecule has 5 nitrogen and oxygen atoms in total. The highest BCUT2D eigenvalue weighted by molar-refractivity contribution is 5.83. The average Bonchev–Trinajstić information content (AvgIpc) is 2.60. The minimum absolute atomic E-state index is 0.0490. The minimum atomic E-state index is -0.144. The number of hydrogen-bond donors (Lipinski definition) is 2. The van der Waals surface area contributed by atoms with Crippen LogP contribution in [0.25, 0.3) is 0 Å². The van der Waals surface area contributed by atoms with Crippen LogP contribution < -0.4 is 10.6 Å². The lowest BCUT2D eigenvalue weighted by Gasteiger charge is -2.38. The number of carbonyl (C=O) groups is 2. The fourth-order valence-corrected chi connectivity index (χ4v) is 2.95. The van der Waals surface area contributed by atoms with Gasteiger partial charge in [-0.05, 0) is 31.7 Å². The predicted octanol–water partition coefficient (Wildman–Crippen LogP) is 0.113. The smallest absolute Gasteiger partial charge is 0.241 e. The zero-order valence-electron chi connectivity index (χ0n) is 11.1. The molecule has 0 saturated carbocycles. The Hall–Kier alpha value is -1.10. The molecule has 2 saturated heterocycles. The van der Waals surface area contributed by atoms with E-state index in [0.717, 1.165) is 26.1 Å². The van der Waals surface area contributed by atoms with E-state index in [1.165, 1.54) is 26.2 Å². The van der Waals surface area contributed by atoms with Crippen LogP contribution in [0.5, 0.6) is 0 Å². The van der Waals surface area contributed by atoms with Gasteiger partial charge in [0.2, 0.25) is 11.8 Å². The van der Waals surface area contributed by atoms with E-state index < -0.39 is 0 Å². The normalized spacial score (nSPS) is 28.2. The first kappa shape index (κ1) is 13.3. The van der Waals surface area contributed by atoms with E-state index in [-0.39, 0.29) is 18.4 Å². The Kier molecular flexibility index (Phi) is 4.58. The molecule has 2 fully saturated rings. The van der Waals surface area contributed by atoms with Crippen LogP contribution in [0.4, 0.5) is 0 Å². The highest BCUT2D eigenvalue weighted by Gasteiger charge is 2.31. The maximum Gasteiger partial charge on any atom is 0.241 e. The molecule has 0 aromatic heterocycles. The highest BCUT2D eigenvalue weighted by atomic mass is 16.2. The molecular weight excluding hydrogens is 230 g/mol. The molecule has 0 radical (unpaired) electrons. The summed E-state index contributed by atoms with van der Waals surface area (Å²) in [5, 5.41) is 6.17. The van der Waals surface area contributed by atoms with Crippen LogP contribution in [0.15, 0.2) is 0 Å². The van der Waals surface area contributed by atoms with E-state index in [2.05, 4.69) is 10.6 Å². The van der Waals surface area contributed by atoms with Gasteiger partial charge in [-0.2, -0.15) is 0 Å².